The zero-order valence-electron chi connectivity index (χ0n) is 19.0. The number of anilines is 2. The second-order valence-electron chi connectivity index (χ2n) is 8.11. The molecule has 0 saturated carbocycles. The number of H-pyrrole nitrogens is 1. The molecule has 0 aliphatic carbocycles. The number of ether oxygens (including phenoxy) is 1. The Morgan fingerprint density at radius 3 is 2.74 bits per heavy atom. The SMILES string of the molecule is Cn1c(Nc2ccc(F)cc2)nc2cc(Oc3ccnc(C(=O)CCCc4cnc[nH]4)c3)ccc21. The molecule has 2 aromatic carbocycles. The monoisotopic (exact) mass is 470 g/mol. The third kappa shape index (κ3) is 5.19. The number of aromatic nitrogens is 5. The predicted molar refractivity (Wildman–Crippen MR) is 131 cm³/mol. The van der Waals surface area contributed by atoms with Gasteiger partial charge in [0, 0.05) is 49.4 Å². The average molecular weight is 471 g/mol. The van der Waals surface area contributed by atoms with Crippen molar-refractivity contribution in [1.82, 2.24) is 24.5 Å². The number of imidazole rings is 2. The van der Waals surface area contributed by atoms with Gasteiger partial charge in [0.2, 0.25) is 5.95 Å². The van der Waals surface area contributed by atoms with Crippen LogP contribution in [0.2, 0.25) is 0 Å². The van der Waals surface area contributed by atoms with Gasteiger partial charge in [-0.2, -0.15) is 0 Å². The number of halogens is 1. The van der Waals surface area contributed by atoms with Crippen LogP contribution in [0.5, 0.6) is 11.5 Å². The van der Waals surface area contributed by atoms with Crippen molar-refractivity contribution < 1.29 is 13.9 Å². The maximum atomic E-state index is 13.2. The molecular formula is C26H23FN6O2. The molecular weight excluding hydrogens is 447 g/mol. The fourth-order valence-corrected chi connectivity index (χ4v) is 3.77. The summed E-state index contributed by atoms with van der Waals surface area (Å²) in [5.74, 6) is 1.41. The average Bonchev–Trinajstić information content (AvgIpc) is 3.48. The van der Waals surface area contributed by atoms with Crippen LogP contribution in [0.4, 0.5) is 16.0 Å². The first-order valence-electron chi connectivity index (χ1n) is 11.2. The highest BCUT2D eigenvalue weighted by Gasteiger charge is 2.12. The van der Waals surface area contributed by atoms with Crippen LogP contribution in [0.15, 0.2) is 73.3 Å². The van der Waals surface area contributed by atoms with E-state index in [4.69, 9.17) is 4.74 Å². The largest absolute Gasteiger partial charge is 0.457 e. The van der Waals surface area contributed by atoms with E-state index in [0.717, 1.165) is 28.8 Å². The number of nitrogens with zero attached hydrogens (tertiary/aromatic N) is 4. The quantitative estimate of drug-likeness (QED) is 0.273. The van der Waals surface area contributed by atoms with Crippen molar-refractivity contribution >= 4 is 28.5 Å². The smallest absolute Gasteiger partial charge is 0.208 e. The number of carbonyl (C=O) groups is 1. The van der Waals surface area contributed by atoms with Crippen molar-refractivity contribution in [2.24, 2.45) is 7.05 Å². The molecule has 8 nitrogen and oxygen atoms in total. The number of pyridine rings is 1. The summed E-state index contributed by atoms with van der Waals surface area (Å²) in [6.45, 7) is 0. The lowest BCUT2D eigenvalue weighted by Gasteiger charge is -2.07. The lowest BCUT2D eigenvalue weighted by atomic mass is 10.1. The molecule has 0 aliphatic rings. The number of aryl methyl sites for hydroxylation is 2. The first-order chi connectivity index (χ1) is 17.0. The van der Waals surface area contributed by atoms with E-state index in [1.54, 1.807) is 43.0 Å². The molecule has 5 aromatic rings. The minimum absolute atomic E-state index is 0.0355. The third-order valence-corrected chi connectivity index (χ3v) is 5.61. The van der Waals surface area contributed by atoms with Crippen LogP contribution in [0.25, 0.3) is 11.0 Å². The van der Waals surface area contributed by atoms with Gasteiger partial charge in [0.1, 0.15) is 23.0 Å². The Labute approximate surface area is 200 Å². The summed E-state index contributed by atoms with van der Waals surface area (Å²) in [6.07, 6.45) is 6.81. The van der Waals surface area contributed by atoms with Crippen molar-refractivity contribution in [2.45, 2.75) is 19.3 Å². The Kier molecular flexibility index (Phi) is 6.21. The number of Topliss-reactive ketones (excluding diaryl/α,β-unsaturated/α-hetero) is 1. The highest BCUT2D eigenvalue weighted by atomic mass is 19.1. The predicted octanol–water partition coefficient (Wildman–Crippen LogP) is 5.57. The molecule has 35 heavy (non-hydrogen) atoms. The summed E-state index contributed by atoms with van der Waals surface area (Å²) in [5, 5.41) is 3.20. The summed E-state index contributed by atoms with van der Waals surface area (Å²) in [7, 11) is 1.90. The zero-order valence-corrected chi connectivity index (χ0v) is 19.0. The topological polar surface area (TPSA) is 97.7 Å². The number of rotatable bonds is 9. The van der Waals surface area contributed by atoms with E-state index < -0.39 is 0 Å². The summed E-state index contributed by atoms with van der Waals surface area (Å²) < 4.78 is 21.1. The third-order valence-electron chi connectivity index (χ3n) is 5.61. The molecule has 0 amide bonds. The lowest BCUT2D eigenvalue weighted by molar-refractivity contribution is 0.0975. The standard InChI is InChI=1S/C26H23FN6O2/c1-33-24-10-9-20(13-22(24)32-26(33)31-18-7-5-17(27)6-8-18)35-21-11-12-29-23(14-21)25(34)4-2-3-19-15-28-16-30-19/h5-16H,2-4H2,1H3,(H,28,30)(H,31,32). The van der Waals surface area contributed by atoms with Gasteiger partial charge in [-0.3, -0.25) is 9.78 Å². The van der Waals surface area contributed by atoms with Gasteiger partial charge < -0.3 is 19.6 Å². The van der Waals surface area contributed by atoms with Gasteiger partial charge in [-0.15, -0.1) is 0 Å². The number of nitrogens with one attached hydrogen (secondary N) is 2. The lowest BCUT2D eigenvalue weighted by Crippen LogP contribution is -2.03. The number of carbonyl (C=O) groups excluding carboxylic acids is 1. The first-order valence-corrected chi connectivity index (χ1v) is 11.2. The van der Waals surface area contributed by atoms with Crippen molar-refractivity contribution in [3.8, 4) is 11.5 Å². The Bertz CT molecular complexity index is 1460. The van der Waals surface area contributed by atoms with Crippen molar-refractivity contribution in [2.75, 3.05) is 5.32 Å². The van der Waals surface area contributed by atoms with Crippen LogP contribution in [0.1, 0.15) is 29.0 Å². The molecule has 0 fully saturated rings. The summed E-state index contributed by atoms with van der Waals surface area (Å²) in [5.41, 5.74) is 3.75. The Morgan fingerprint density at radius 2 is 1.94 bits per heavy atom. The van der Waals surface area contributed by atoms with E-state index in [2.05, 4.69) is 25.3 Å². The molecule has 0 spiro atoms. The number of hydrogen-bond acceptors (Lipinski definition) is 6. The minimum Gasteiger partial charge on any atom is -0.457 e. The van der Waals surface area contributed by atoms with Crippen molar-refractivity contribution in [1.29, 1.82) is 0 Å². The van der Waals surface area contributed by atoms with Gasteiger partial charge in [-0.25, -0.2) is 14.4 Å². The molecule has 3 aromatic heterocycles. The molecule has 0 aliphatic heterocycles. The number of aromatic amines is 1. The van der Waals surface area contributed by atoms with E-state index in [0.29, 0.717) is 36.0 Å². The van der Waals surface area contributed by atoms with Gasteiger partial charge in [-0.1, -0.05) is 0 Å². The van der Waals surface area contributed by atoms with Crippen LogP contribution in [-0.2, 0) is 13.5 Å². The molecule has 0 radical (unpaired) electrons. The molecule has 0 atom stereocenters. The van der Waals surface area contributed by atoms with E-state index in [-0.39, 0.29) is 11.6 Å². The summed E-state index contributed by atoms with van der Waals surface area (Å²) in [6, 6.07) is 15.1. The van der Waals surface area contributed by atoms with Gasteiger partial charge in [0.05, 0.1) is 17.4 Å². The maximum absolute atomic E-state index is 13.2. The number of hydrogen-bond donors (Lipinski definition) is 2. The fourth-order valence-electron chi connectivity index (χ4n) is 3.77. The molecule has 3 heterocycles. The molecule has 0 unspecified atom stereocenters. The Balaban J connectivity index is 1.27. The number of benzene rings is 2. The molecule has 2 N–H and O–H groups in total. The molecule has 9 heteroatoms. The van der Waals surface area contributed by atoms with Gasteiger partial charge in [-0.05, 0) is 55.3 Å². The highest BCUT2D eigenvalue weighted by molar-refractivity contribution is 5.94. The van der Waals surface area contributed by atoms with Crippen LogP contribution >= 0.6 is 0 Å². The number of ketones is 1. The van der Waals surface area contributed by atoms with Gasteiger partial charge >= 0.3 is 0 Å². The first kappa shape index (κ1) is 22.3. The Hall–Kier alpha value is -4.53. The maximum Gasteiger partial charge on any atom is 0.208 e. The zero-order chi connectivity index (χ0) is 24.2. The molecule has 0 bridgehead atoms. The van der Waals surface area contributed by atoms with E-state index in [1.807, 2.05) is 29.8 Å². The second kappa shape index (κ2) is 9.76. The molecule has 5 rings (SSSR count). The fraction of sp³-hybridized carbons (Fsp3) is 0.154. The van der Waals surface area contributed by atoms with Crippen LogP contribution in [0.3, 0.4) is 0 Å². The van der Waals surface area contributed by atoms with Crippen LogP contribution < -0.4 is 10.1 Å². The van der Waals surface area contributed by atoms with Crippen LogP contribution in [0, 0.1) is 5.82 Å². The van der Waals surface area contributed by atoms with Gasteiger partial charge in [0.25, 0.3) is 0 Å². The summed E-state index contributed by atoms with van der Waals surface area (Å²) >= 11 is 0. The molecule has 0 saturated heterocycles. The minimum atomic E-state index is -0.294. The normalized spacial score (nSPS) is 11.0. The summed E-state index contributed by atoms with van der Waals surface area (Å²) in [4.78, 5) is 28.4. The van der Waals surface area contributed by atoms with E-state index in [1.165, 1.54) is 12.1 Å². The second-order valence-corrected chi connectivity index (χ2v) is 8.11. The van der Waals surface area contributed by atoms with E-state index >= 15 is 0 Å². The van der Waals surface area contributed by atoms with Crippen LogP contribution in [-0.4, -0.2) is 30.3 Å². The van der Waals surface area contributed by atoms with Crippen molar-refractivity contribution in [3.05, 3.63) is 90.5 Å². The Morgan fingerprint density at radius 1 is 1.11 bits per heavy atom. The van der Waals surface area contributed by atoms with E-state index in [9.17, 15) is 9.18 Å². The van der Waals surface area contributed by atoms with Gasteiger partial charge in [0.15, 0.2) is 5.78 Å². The highest BCUT2D eigenvalue weighted by Crippen LogP contribution is 2.28. The number of fused-ring (bicyclic) bond motifs is 1. The molecule has 176 valence electrons. The van der Waals surface area contributed by atoms with Crippen molar-refractivity contribution in [3.63, 3.8) is 0 Å².